The highest BCUT2D eigenvalue weighted by molar-refractivity contribution is 6.12. The summed E-state index contributed by atoms with van der Waals surface area (Å²) in [6.07, 6.45) is 0.591. The van der Waals surface area contributed by atoms with Gasteiger partial charge in [-0.25, -0.2) is 0 Å². The number of aromatic hydroxyl groups is 1. The van der Waals surface area contributed by atoms with E-state index in [1.165, 1.54) is 6.07 Å². The molecule has 0 bridgehead atoms. The molecule has 0 aliphatic rings. The topological polar surface area (TPSA) is 63.3 Å². The molecule has 0 fully saturated rings. The zero-order valence-electron chi connectivity index (χ0n) is 10.2. The van der Waals surface area contributed by atoms with Crippen molar-refractivity contribution >= 4 is 11.5 Å². The van der Waals surface area contributed by atoms with Gasteiger partial charge in [0.2, 0.25) is 0 Å². The standard InChI is InChI=1S/C15H15NO2/c1-2-11-13(17)9-8-12(14(11)16)15(18)10-6-4-3-5-7-10/h3-9,17H,2,16H2,1H3. The molecule has 0 atom stereocenters. The number of ketones is 1. The summed E-state index contributed by atoms with van der Waals surface area (Å²) in [6.45, 7) is 1.89. The van der Waals surface area contributed by atoms with Crippen molar-refractivity contribution in [3.63, 3.8) is 0 Å². The lowest BCUT2D eigenvalue weighted by Crippen LogP contribution is -2.07. The maximum atomic E-state index is 12.3. The number of phenols is 1. The third-order valence-corrected chi connectivity index (χ3v) is 2.97. The summed E-state index contributed by atoms with van der Waals surface area (Å²) >= 11 is 0. The summed E-state index contributed by atoms with van der Waals surface area (Å²) in [7, 11) is 0. The molecule has 0 aromatic heterocycles. The first-order valence-corrected chi connectivity index (χ1v) is 5.85. The van der Waals surface area contributed by atoms with Gasteiger partial charge in [0.1, 0.15) is 5.75 Å². The first-order chi connectivity index (χ1) is 8.65. The van der Waals surface area contributed by atoms with E-state index in [4.69, 9.17) is 5.73 Å². The number of benzene rings is 2. The van der Waals surface area contributed by atoms with Gasteiger partial charge in [0.05, 0.1) is 0 Å². The summed E-state index contributed by atoms with van der Waals surface area (Å²) in [5.41, 5.74) is 7.98. The molecule has 0 spiro atoms. The maximum Gasteiger partial charge on any atom is 0.195 e. The Kier molecular flexibility index (Phi) is 3.33. The van der Waals surface area contributed by atoms with Crippen LogP contribution in [0, 0.1) is 0 Å². The monoisotopic (exact) mass is 241 g/mol. The Labute approximate surface area is 106 Å². The Hall–Kier alpha value is -2.29. The predicted octanol–water partition coefficient (Wildman–Crippen LogP) is 2.77. The summed E-state index contributed by atoms with van der Waals surface area (Å²) in [5, 5.41) is 9.68. The normalized spacial score (nSPS) is 10.3. The van der Waals surface area contributed by atoms with Gasteiger partial charge in [-0.3, -0.25) is 4.79 Å². The van der Waals surface area contributed by atoms with Gasteiger partial charge in [0.25, 0.3) is 0 Å². The number of phenolic OH excluding ortho intramolecular Hbond substituents is 1. The second kappa shape index (κ2) is 4.92. The van der Waals surface area contributed by atoms with Crippen LogP contribution in [0.3, 0.4) is 0 Å². The van der Waals surface area contributed by atoms with Gasteiger partial charge in [0.15, 0.2) is 5.78 Å². The number of nitrogens with two attached hydrogens (primary N) is 1. The van der Waals surface area contributed by atoms with E-state index >= 15 is 0 Å². The van der Waals surface area contributed by atoms with E-state index in [1.54, 1.807) is 18.2 Å². The van der Waals surface area contributed by atoms with E-state index < -0.39 is 0 Å². The Morgan fingerprint density at radius 1 is 1.17 bits per heavy atom. The fraction of sp³-hybridized carbons (Fsp3) is 0.133. The SMILES string of the molecule is CCc1c(O)ccc(C(=O)c2ccccc2)c1N. The minimum absolute atomic E-state index is 0.122. The molecule has 2 aromatic carbocycles. The summed E-state index contributed by atoms with van der Waals surface area (Å²) < 4.78 is 0. The van der Waals surface area contributed by atoms with E-state index in [-0.39, 0.29) is 11.5 Å². The average Bonchev–Trinajstić information content (AvgIpc) is 2.40. The second-order valence-corrected chi connectivity index (χ2v) is 4.07. The first kappa shape index (κ1) is 12.2. The van der Waals surface area contributed by atoms with Crippen molar-refractivity contribution < 1.29 is 9.90 Å². The zero-order valence-corrected chi connectivity index (χ0v) is 10.2. The summed E-state index contributed by atoms with van der Waals surface area (Å²) in [6, 6.07) is 12.1. The van der Waals surface area contributed by atoms with E-state index in [0.717, 1.165) is 0 Å². The van der Waals surface area contributed by atoms with Crippen LogP contribution < -0.4 is 5.73 Å². The van der Waals surface area contributed by atoms with Crippen LogP contribution in [0.1, 0.15) is 28.4 Å². The number of hydrogen-bond acceptors (Lipinski definition) is 3. The van der Waals surface area contributed by atoms with E-state index in [1.807, 2.05) is 25.1 Å². The van der Waals surface area contributed by atoms with Crippen LogP contribution in [-0.4, -0.2) is 10.9 Å². The largest absolute Gasteiger partial charge is 0.508 e. The van der Waals surface area contributed by atoms with Gasteiger partial charge in [0, 0.05) is 22.4 Å². The van der Waals surface area contributed by atoms with Crippen LogP contribution in [0.25, 0.3) is 0 Å². The molecule has 2 aromatic rings. The molecule has 0 saturated heterocycles. The van der Waals surface area contributed by atoms with Crippen LogP contribution in [-0.2, 0) is 6.42 Å². The molecule has 0 saturated carbocycles. The fourth-order valence-electron chi connectivity index (χ4n) is 1.97. The molecule has 3 N–H and O–H groups in total. The van der Waals surface area contributed by atoms with Gasteiger partial charge in [-0.2, -0.15) is 0 Å². The van der Waals surface area contributed by atoms with Gasteiger partial charge in [-0.05, 0) is 18.6 Å². The third kappa shape index (κ3) is 2.07. The van der Waals surface area contributed by atoms with Gasteiger partial charge < -0.3 is 10.8 Å². The van der Waals surface area contributed by atoms with Crippen LogP contribution >= 0.6 is 0 Å². The van der Waals surface area contributed by atoms with Crippen molar-refractivity contribution in [2.75, 3.05) is 5.73 Å². The number of hydrogen-bond donors (Lipinski definition) is 2. The molecule has 0 amide bonds. The maximum absolute atomic E-state index is 12.3. The first-order valence-electron chi connectivity index (χ1n) is 5.85. The predicted molar refractivity (Wildman–Crippen MR) is 71.8 cm³/mol. The number of carbonyl (C=O) groups excluding carboxylic acids is 1. The molecule has 3 heteroatoms. The highest BCUT2D eigenvalue weighted by Gasteiger charge is 2.16. The van der Waals surface area contributed by atoms with Gasteiger partial charge in [-0.1, -0.05) is 37.3 Å². The van der Waals surface area contributed by atoms with Gasteiger partial charge in [-0.15, -0.1) is 0 Å². The minimum atomic E-state index is -0.122. The second-order valence-electron chi connectivity index (χ2n) is 4.07. The highest BCUT2D eigenvalue weighted by atomic mass is 16.3. The lowest BCUT2D eigenvalue weighted by molar-refractivity contribution is 0.103. The molecule has 0 heterocycles. The lowest BCUT2D eigenvalue weighted by atomic mass is 9.97. The Morgan fingerprint density at radius 3 is 2.44 bits per heavy atom. The van der Waals surface area contributed by atoms with Gasteiger partial charge >= 0.3 is 0 Å². The Bertz CT molecular complexity index is 577. The smallest absolute Gasteiger partial charge is 0.195 e. The Balaban J connectivity index is 2.50. The van der Waals surface area contributed by atoms with Crippen LogP contribution in [0.5, 0.6) is 5.75 Å². The molecule has 0 aliphatic carbocycles. The van der Waals surface area contributed by atoms with Crippen molar-refractivity contribution in [1.82, 2.24) is 0 Å². The van der Waals surface area contributed by atoms with Crippen molar-refractivity contribution in [2.45, 2.75) is 13.3 Å². The molecule has 2 rings (SSSR count). The van der Waals surface area contributed by atoms with Crippen LogP contribution in [0.2, 0.25) is 0 Å². The summed E-state index contributed by atoms with van der Waals surface area (Å²) in [4.78, 5) is 12.3. The van der Waals surface area contributed by atoms with E-state index in [0.29, 0.717) is 28.8 Å². The molecular formula is C15H15NO2. The molecule has 18 heavy (non-hydrogen) atoms. The van der Waals surface area contributed by atoms with Crippen molar-refractivity contribution in [2.24, 2.45) is 0 Å². The summed E-state index contributed by atoms with van der Waals surface area (Å²) in [5.74, 6) is 0.0161. The molecular weight excluding hydrogens is 226 g/mol. The molecule has 3 nitrogen and oxygen atoms in total. The lowest BCUT2D eigenvalue weighted by Gasteiger charge is -2.10. The fourth-order valence-corrected chi connectivity index (χ4v) is 1.97. The van der Waals surface area contributed by atoms with Crippen LogP contribution in [0.4, 0.5) is 5.69 Å². The minimum Gasteiger partial charge on any atom is -0.508 e. The number of nitrogen functional groups attached to an aromatic ring is 1. The molecule has 0 aliphatic heterocycles. The molecule has 0 unspecified atom stereocenters. The van der Waals surface area contributed by atoms with Crippen molar-refractivity contribution in [3.8, 4) is 5.75 Å². The molecule has 92 valence electrons. The number of anilines is 1. The van der Waals surface area contributed by atoms with Crippen molar-refractivity contribution in [1.29, 1.82) is 0 Å². The quantitative estimate of drug-likeness (QED) is 0.641. The average molecular weight is 241 g/mol. The Morgan fingerprint density at radius 2 is 1.83 bits per heavy atom. The van der Waals surface area contributed by atoms with E-state index in [2.05, 4.69) is 0 Å². The zero-order chi connectivity index (χ0) is 13.1. The van der Waals surface area contributed by atoms with Crippen LogP contribution in [0.15, 0.2) is 42.5 Å². The van der Waals surface area contributed by atoms with E-state index in [9.17, 15) is 9.90 Å². The number of carbonyl (C=O) groups is 1. The van der Waals surface area contributed by atoms with Crippen molar-refractivity contribution in [3.05, 3.63) is 59.2 Å². The number of rotatable bonds is 3. The molecule has 0 radical (unpaired) electrons. The highest BCUT2D eigenvalue weighted by Crippen LogP contribution is 2.28. The third-order valence-electron chi connectivity index (χ3n) is 2.97.